The maximum atomic E-state index is 11.6. The van der Waals surface area contributed by atoms with Crippen molar-refractivity contribution in [1.29, 1.82) is 0 Å². The number of carbonyl (C=O) groups excluding carboxylic acids is 1. The number of amides is 1. The molecule has 0 bridgehead atoms. The van der Waals surface area contributed by atoms with Gasteiger partial charge in [-0.2, -0.15) is 0 Å². The van der Waals surface area contributed by atoms with E-state index in [-0.39, 0.29) is 11.8 Å². The third kappa shape index (κ3) is 1.48. The molecule has 1 unspecified atom stereocenters. The van der Waals surface area contributed by atoms with Gasteiger partial charge in [-0.1, -0.05) is 18.2 Å². The number of rotatable bonds is 1. The van der Waals surface area contributed by atoms with Crippen molar-refractivity contribution < 1.29 is 4.79 Å². The maximum absolute atomic E-state index is 11.6. The molecule has 3 N–H and O–H groups in total. The summed E-state index contributed by atoms with van der Waals surface area (Å²) in [6, 6.07) is 6.66. The number of fused-ring (bicyclic) bond motifs is 2. The van der Waals surface area contributed by atoms with Crippen molar-refractivity contribution in [3.63, 3.8) is 0 Å². The van der Waals surface area contributed by atoms with Crippen LogP contribution in [0.3, 0.4) is 0 Å². The van der Waals surface area contributed by atoms with Crippen LogP contribution in [0.5, 0.6) is 0 Å². The summed E-state index contributed by atoms with van der Waals surface area (Å²) in [5, 5.41) is 1.30. The van der Waals surface area contributed by atoms with Crippen LogP contribution in [0.25, 0.3) is 16.5 Å². The number of likely N-dealkylation sites (N-methyl/N-ethyl adjacent to an activating group) is 1. The first-order valence-corrected chi connectivity index (χ1v) is 6.96. The van der Waals surface area contributed by atoms with Crippen molar-refractivity contribution in [2.24, 2.45) is 11.7 Å². The van der Waals surface area contributed by atoms with E-state index in [1.54, 1.807) is 0 Å². The number of aromatic nitrogens is 1. The average molecular weight is 267 g/mol. The van der Waals surface area contributed by atoms with Gasteiger partial charge in [0.2, 0.25) is 5.91 Å². The molecule has 4 heteroatoms. The van der Waals surface area contributed by atoms with Crippen molar-refractivity contribution >= 4 is 22.4 Å². The zero-order chi connectivity index (χ0) is 13.9. The molecule has 2 aromatic rings. The first-order chi connectivity index (χ1) is 9.65. The molecule has 1 aliphatic heterocycles. The Morgan fingerprint density at radius 1 is 1.45 bits per heavy atom. The van der Waals surface area contributed by atoms with E-state index in [0.29, 0.717) is 12.6 Å². The van der Waals surface area contributed by atoms with E-state index in [0.717, 1.165) is 6.42 Å². The number of aromatic amines is 1. The molecular formula is C16H17N3O. The Labute approximate surface area is 117 Å². The van der Waals surface area contributed by atoms with Gasteiger partial charge < -0.3 is 10.7 Å². The molecule has 0 spiro atoms. The summed E-state index contributed by atoms with van der Waals surface area (Å²) < 4.78 is 0. The minimum absolute atomic E-state index is 0.193. The Morgan fingerprint density at radius 2 is 2.30 bits per heavy atom. The lowest BCUT2D eigenvalue weighted by atomic mass is 9.80. The van der Waals surface area contributed by atoms with Crippen molar-refractivity contribution in [2.45, 2.75) is 12.5 Å². The zero-order valence-corrected chi connectivity index (χ0v) is 11.4. The predicted octanol–water partition coefficient (Wildman–Crippen LogP) is 1.52. The van der Waals surface area contributed by atoms with Crippen molar-refractivity contribution in [3.05, 3.63) is 41.6 Å². The number of primary amides is 1. The van der Waals surface area contributed by atoms with E-state index in [1.807, 2.05) is 0 Å². The number of carbonyl (C=O) groups is 1. The van der Waals surface area contributed by atoms with Crippen LogP contribution in [0.15, 0.2) is 30.5 Å². The SMILES string of the molecule is CN1C[C@@H](C(N)=O)C=C2c3cccc4[nH]cc(c34)CC21. The quantitative estimate of drug-likeness (QED) is 0.823. The highest BCUT2D eigenvalue weighted by Crippen LogP contribution is 2.40. The molecule has 20 heavy (non-hydrogen) atoms. The summed E-state index contributed by atoms with van der Waals surface area (Å²) in [6.07, 6.45) is 5.18. The van der Waals surface area contributed by atoms with Gasteiger partial charge in [-0.25, -0.2) is 0 Å². The number of nitrogens with one attached hydrogen (secondary N) is 1. The number of hydrogen-bond donors (Lipinski definition) is 2. The van der Waals surface area contributed by atoms with Crippen LogP contribution >= 0.6 is 0 Å². The van der Waals surface area contributed by atoms with Gasteiger partial charge in [0.25, 0.3) is 0 Å². The molecule has 0 saturated carbocycles. The molecule has 4 rings (SSSR count). The number of nitrogens with zero attached hydrogens (tertiary/aromatic N) is 1. The average Bonchev–Trinajstić information content (AvgIpc) is 2.84. The topological polar surface area (TPSA) is 62.1 Å². The van der Waals surface area contributed by atoms with Crippen LogP contribution in [-0.2, 0) is 11.2 Å². The van der Waals surface area contributed by atoms with Crippen LogP contribution in [0, 0.1) is 5.92 Å². The van der Waals surface area contributed by atoms with E-state index in [1.165, 1.54) is 27.6 Å². The first-order valence-electron chi connectivity index (χ1n) is 6.96. The number of nitrogens with two attached hydrogens (primary N) is 1. The molecular weight excluding hydrogens is 250 g/mol. The lowest BCUT2D eigenvalue weighted by molar-refractivity contribution is -0.121. The van der Waals surface area contributed by atoms with Gasteiger partial charge in [-0.15, -0.1) is 0 Å². The monoisotopic (exact) mass is 267 g/mol. The standard InChI is InChI=1S/C16H17N3O/c1-19-8-10(16(17)20)5-12-11-3-2-4-13-15(11)9(7-18-13)6-14(12)19/h2-5,7,10,14,18H,6,8H2,1H3,(H2,17,20)/t10-,14?/m0/s1. The Kier molecular flexibility index (Phi) is 2.32. The van der Waals surface area contributed by atoms with Crippen LogP contribution in [-0.4, -0.2) is 35.4 Å². The summed E-state index contributed by atoms with van der Waals surface area (Å²) in [4.78, 5) is 17.1. The highest BCUT2D eigenvalue weighted by molar-refractivity contribution is 5.99. The fourth-order valence-corrected chi connectivity index (χ4v) is 3.63. The zero-order valence-electron chi connectivity index (χ0n) is 11.4. The molecule has 0 radical (unpaired) electrons. The van der Waals surface area contributed by atoms with E-state index in [9.17, 15) is 4.79 Å². The van der Waals surface area contributed by atoms with Crippen LogP contribution in [0.1, 0.15) is 11.1 Å². The lowest BCUT2D eigenvalue weighted by Crippen LogP contribution is -2.45. The van der Waals surface area contributed by atoms with Crippen LogP contribution in [0.2, 0.25) is 0 Å². The molecule has 0 fully saturated rings. The summed E-state index contributed by atoms with van der Waals surface area (Å²) in [7, 11) is 2.07. The molecule has 102 valence electrons. The Morgan fingerprint density at radius 3 is 3.10 bits per heavy atom. The van der Waals surface area contributed by atoms with Gasteiger partial charge in [0.15, 0.2) is 0 Å². The highest BCUT2D eigenvalue weighted by atomic mass is 16.1. The molecule has 2 atom stereocenters. The van der Waals surface area contributed by atoms with Gasteiger partial charge >= 0.3 is 0 Å². The Bertz CT molecular complexity index is 743. The predicted molar refractivity (Wildman–Crippen MR) is 79.1 cm³/mol. The fourth-order valence-electron chi connectivity index (χ4n) is 3.63. The second-order valence-corrected chi connectivity index (χ2v) is 5.83. The van der Waals surface area contributed by atoms with E-state index >= 15 is 0 Å². The van der Waals surface area contributed by atoms with Gasteiger partial charge in [0.05, 0.1) is 5.92 Å². The molecule has 2 aliphatic rings. The largest absolute Gasteiger partial charge is 0.369 e. The van der Waals surface area contributed by atoms with Crippen LogP contribution in [0.4, 0.5) is 0 Å². The minimum atomic E-state index is -0.241. The maximum Gasteiger partial charge on any atom is 0.225 e. The van der Waals surface area contributed by atoms with Crippen molar-refractivity contribution in [2.75, 3.05) is 13.6 Å². The third-order valence-electron chi connectivity index (χ3n) is 4.63. The minimum Gasteiger partial charge on any atom is -0.369 e. The lowest BCUT2D eigenvalue weighted by Gasteiger charge is -2.39. The molecule has 4 nitrogen and oxygen atoms in total. The normalized spacial score (nSPS) is 25.4. The second-order valence-electron chi connectivity index (χ2n) is 5.83. The van der Waals surface area contributed by atoms with Crippen molar-refractivity contribution in [3.8, 4) is 0 Å². The fraction of sp³-hybridized carbons (Fsp3) is 0.312. The van der Waals surface area contributed by atoms with E-state index in [2.05, 4.69) is 47.4 Å². The van der Waals surface area contributed by atoms with E-state index < -0.39 is 0 Å². The Balaban J connectivity index is 1.96. The summed E-state index contributed by atoms with van der Waals surface area (Å²) in [5.41, 5.74) is 10.5. The van der Waals surface area contributed by atoms with Gasteiger partial charge in [0, 0.05) is 29.7 Å². The van der Waals surface area contributed by atoms with E-state index in [4.69, 9.17) is 5.73 Å². The van der Waals surface area contributed by atoms with Gasteiger partial charge in [-0.05, 0) is 36.2 Å². The molecule has 0 saturated heterocycles. The molecule has 2 heterocycles. The highest BCUT2D eigenvalue weighted by Gasteiger charge is 2.34. The molecule has 1 amide bonds. The van der Waals surface area contributed by atoms with Gasteiger partial charge in [-0.3, -0.25) is 9.69 Å². The first kappa shape index (κ1) is 11.7. The molecule has 1 aromatic heterocycles. The summed E-state index contributed by atoms with van der Waals surface area (Å²) in [5.74, 6) is -0.433. The smallest absolute Gasteiger partial charge is 0.225 e. The van der Waals surface area contributed by atoms with Crippen LogP contribution < -0.4 is 5.73 Å². The molecule has 1 aromatic carbocycles. The summed E-state index contributed by atoms with van der Waals surface area (Å²) in [6.45, 7) is 0.708. The summed E-state index contributed by atoms with van der Waals surface area (Å²) >= 11 is 0. The number of H-pyrrole nitrogens is 1. The second kappa shape index (κ2) is 3.96. The third-order valence-corrected chi connectivity index (χ3v) is 4.63. The Hall–Kier alpha value is -2.07. The van der Waals surface area contributed by atoms with Gasteiger partial charge in [0.1, 0.15) is 0 Å². The van der Waals surface area contributed by atoms with Crippen molar-refractivity contribution in [1.82, 2.24) is 9.88 Å². The number of hydrogen-bond acceptors (Lipinski definition) is 2. The number of benzene rings is 1. The molecule has 1 aliphatic carbocycles.